The molecule has 0 saturated heterocycles. The molecule has 6 rings (SSSR count). The number of allylic oxidation sites excluding steroid dienone is 4. The standard InChI is InChI=1S/C15H14.C13H9.C5H5.Zr/c1-3-8-14(9-4-1)12-7-13-15-10-5-2-6-11-15;1-3-7-12-10(5-1)9-11-6-2-4-8-13(11)12;1-2-4-5-3-1;/h1-6,8-11H,12-13H2;1-9H;1-3H,4H2;. The van der Waals surface area contributed by atoms with Crippen LogP contribution in [0.2, 0.25) is 0 Å². The van der Waals surface area contributed by atoms with E-state index >= 15 is 0 Å². The topological polar surface area (TPSA) is 0 Å². The van der Waals surface area contributed by atoms with Gasteiger partial charge < -0.3 is 0 Å². The Bertz CT molecular complexity index is 1320. The Morgan fingerprint density at radius 2 is 1.12 bits per heavy atom. The Balaban J connectivity index is 1.59. The fourth-order valence-corrected chi connectivity index (χ4v) is 14.9. The van der Waals surface area contributed by atoms with Crippen molar-refractivity contribution in [2.45, 2.75) is 22.9 Å². The SMILES string of the molecule is C1=CC[C]([Zr](=[C](Cc2ccccc2)Cc2ccccc2)[CH]2c3ccccc3-c3ccccc32)=C1. The Morgan fingerprint density at radius 3 is 1.62 bits per heavy atom. The van der Waals surface area contributed by atoms with Gasteiger partial charge in [0.05, 0.1) is 0 Å². The zero-order chi connectivity index (χ0) is 22.7. The Labute approximate surface area is 210 Å². The van der Waals surface area contributed by atoms with Crippen molar-refractivity contribution in [3.05, 3.63) is 153 Å². The first-order valence-electron chi connectivity index (χ1n) is 12.2. The molecule has 0 radical (unpaired) electrons. The molecule has 4 aromatic carbocycles. The summed E-state index contributed by atoms with van der Waals surface area (Å²) in [5.41, 5.74) is 8.91. The molecule has 0 fully saturated rings. The average Bonchev–Trinajstić information content (AvgIpc) is 3.53. The molecule has 0 N–H and O–H groups in total. The molecule has 0 unspecified atom stereocenters. The molecule has 4 aromatic rings. The van der Waals surface area contributed by atoms with E-state index in [-0.39, 0.29) is 0 Å². The first-order valence-corrected chi connectivity index (χ1v) is 16.1. The van der Waals surface area contributed by atoms with Crippen LogP contribution >= 0.6 is 0 Å². The summed E-state index contributed by atoms with van der Waals surface area (Å²) in [6.07, 6.45) is 10.4. The number of fused-ring (bicyclic) bond motifs is 3. The summed E-state index contributed by atoms with van der Waals surface area (Å²) in [5.74, 6) is 0. The molecular formula is C33H28Zr. The van der Waals surface area contributed by atoms with Gasteiger partial charge in [-0.1, -0.05) is 0 Å². The summed E-state index contributed by atoms with van der Waals surface area (Å²) in [7, 11) is 0. The summed E-state index contributed by atoms with van der Waals surface area (Å²) in [6.45, 7) is 0. The van der Waals surface area contributed by atoms with Crippen molar-refractivity contribution in [2.24, 2.45) is 0 Å². The van der Waals surface area contributed by atoms with E-state index in [2.05, 4.69) is 127 Å². The molecule has 0 atom stereocenters. The minimum atomic E-state index is -2.35. The molecule has 0 aliphatic heterocycles. The van der Waals surface area contributed by atoms with Gasteiger partial charge in [-0.25, -0.2) is 0 Å². The second kappa shape index (κ2) is 9.77. The Morgan fingerprint density at radius 1 is 0.618 bits per heavy atom. The molecule has 0 bridgehead atoms. The van der Waals surface area contributed by atoms with Crippen molar-refractivity contribution in [1.82, 2.24) is 0 Å². The van der Waals surface area contributed by atoms with Gasteiger partial charge in [-0.2, -0.15) is 0 Å². The molecular weight excluding hydrogens is 488 g/mol. The number of hydrogen-bond acceptors (Lipinski definition) is 0. The second-order valence-electron chi connectivity index (χ2n) is 9.27. The number of hydrogen-bond donors (Lipinski definition) is 0. The molecule has 0 heterocycles. The monoisotopic (exact) mass is 514 g/mol. The van der Waals surface area contributed by atoms with Crippen LogP contribution in [0.15, 0.2) is 131 Å². The summed E-state index contributed by atoms with van der Waals surface area (Å²) in [5, 5.41) is 0. The van der Waals surface area contributed by atoms with Crippen LogP contribution in [0.25, 0.3) is 11.1 Å². The van der Waals surface area contributed by atoms with Crippen molar-refractivity contribution < 1.29 is 21.3 Å². The number of benzene rings is 4. The predicted octanol–water partition coefficient (Wildman–Crippen LogP) is 7.88. The summed E-state index contributed by atoms with van der Waals surface area (Å²) < 4.78 is 4.08. The third kappa shape index (κ3) is 4.19. The first kappa shape index (κ1) is 21.6. The molecule has 0 saturated carbocycles. The minimum absolute atomic E-state index is 0.545. The van der Waals surface area contributed by atoms with Crippen LogP contribution in [0, 0.1) is 0 Å². The van der Waals surface area contributed by atoms with Gasteiger partial charge in [-0.3, -0.25) is 0 Å². The Hall–Kier alpha value is -2.89. The van der Waals surface area contributed by atoms with Crippen LogP contribution in [-0.4, -0.2) is 3.21 Å². The molecule has 0 amide bonds. The normalized spacial score (nSPS) is 13.9. The molecule has 0 aromatic heterocycles. The van der Waals surface area contributed by atoms with Crippen LogP contribution in [-0.2, 0) is 34.1 Å². The Kier molecular flexibility index (Phi) is 6.22. The van der Waals surface area contributed by atoms with Crippen LogP contribution in [0.5, 0.6) is 0 Å². The average molecular weight is 516 g/mol. The van der Waals surface area contributed by atoms with E-state index in [1.54, 1.807) is 17.6 Å². The van der Waals surface area contributed by atoms with E-state index in [1.807, 2.05) is 0 Å². The molecule has 2 aliphatic carbocycles. The van der Waals surface area contributed by atoms with Crippen molar-refractivity contribution >= 4 is 3.21 Å². The molecule has 0 spiro atoms. The van der Waals surface area contributed by atoms with E-state index in [9.17, 15) is 0 Å². The van der Waals surface area contributed by atoms with Gasteiger partial charge >= 0.3 is 211 Å². The van der Waals surface area contributed by atoms with E-state index < -0.39 is 21.3 Å². The predicted molar refractivity (Wildman–Crippen MR) is 141 cm³/mol. The fraction of sp³-hybridized carbons (Fsp3) is 0.121. The molecule has 164 valence electrons. The summed E-state index contributed by atoms with van der Waals surface area (Å²) in [6, 6.07) is 40.6. The van der Waals surface area contributed by atoms with E-state index in [1.165, 1.54) is 22.3 Å². The van der Waals surface area contributed by atoms with Gasteiger partial charge in [0.15, 0.2) is 0 Å². The van der Waals surface area contributed by atoms with E-state index in [0.29, 0.717) is 3.63 Å². The molecule has 34 heavy (non-hydrogen) atoms. The zero-order valence-corrected chi connectivity index (χ0v) is 21.8. The van der Waals surface area contributed by atoms with Crippen LogP contribution in [0.4, 0.5) is 0 Å². The second-order valence-corrected chi connectivity index (χ2v) is 16.0. The first-order chi connectivity index (χ1) is 16.9. The van der Waals surface area contributed by atoms with Gasteiger partial charge in [-0.15, -0.1) is 0 Å². The molecule has 2 aliphatic rings. The van der Waals surface area contributed by atoms with E-state index in [4.69, 9.17) is 0 Å². The van der Waals surface area contributed by atoms with Crippen LogP contribution < -0.4 is 0 Å². The maximum absolute atomic E-state index is 2.47. The number of rotatable bonds is 6. The van der Waals surface area contributed by atoms with Gasteiger partial charge in [-0.05, 0) is 0 Å². The maximum atomic E-state index is 2.47. The summed E-state index contributed by atoms with van der Waals surface area (Å²) in [4.78, 5) is 0. The zero-order valence-electron chi connectivity index (χ0n) is 19.3. The van der Waals surface area contributed by atoms with Crippen molar-refractivity contribution in [3.8, 4) is 11.1 Å². The van der Waals surface area contributed by atoms with E-state index in [0.717, 1.165) is 19.3 Å². The quantitative estimate of drug-likeness (QED) is 0.245. The van der Waals surface area contributed by atoms with Crippen LogP contribution in [0.3, 0.4) is 0 Å². The molecule has 1 heteroatoms. The van der Waals surface area contributed by atoms with Gasteiger partial charge in [0.1, 0.15) is 0 Å². The van der Waals surface area contributed by atoms with Crippen molar-refractivity contribution in [2.75, 3.05) is 0 Å². The van der Waals surface area contributed by atoms with Gasteiger partial charge in [0, 0.05) is 0 Å². The fourth-order valence-electron chi connectivity index (χ4n) is 5.67. The third-order valence-corrected chi connectivity index (χ3v) is 15.4. The van der Waals surface area contributed by atoms with Gasteiger partial charge in [0.25, 0.3) is 0 Å². The van der Waals surface area contributed by atoms with Crippen molar-refractivity contribution in [3.63, 3.8) is 0 Å². The van der Waals surface area contributed by atoms with Crippen molar-refractivity contribution in [1.29, 1.82) is 0 Å². The molecule has 0 nitrogen and oxygen atoms in total. The third-order valence-electron chi connectivity index (χ3n) is 7.14. The van der Waals surface area contributed by atoms with Crippen LogP contribution in [0.1, 0.15) is 32.3 Å². The summed E-state index contributed by atoms with van der Waals surface area (Å²) >= 11 is -2.35. The van der Waals surface area contributed by atoms with Gasteiger partial charge in [0.2, 0.25) is 0 Å².